The highest BCUT2D eigenvalue weighted by Crippen LogP contribution is 2.38. The molecule has 4 nitrogen and oxygen atoms in total. The summed E-state index contributed by atoms with van der Waals surface area (Å²) in [5.74, 6) is -1.12. The van der Waals surface area contributed by atoms with Gasteiger partial charge in [-0.3, -0.25) is 0 Å². The summed E-state index contributed by atoms with van der Waals surface area (Å²) >= 11 is 1.28. The molecule has 0 bridgehead atoms. The van der Waals surface area contributed by atoms with Gasteiger partial charge in [-0.2, -0.15) is 5.10 Å². The molecule has 2 aromatic carbocycles. The number of halogens is 2. The monoisotopic (exact) mass is 368 g/mol. The van der Waals surface area contributed by atoms with E-state index in [1.165, 1.54) is 36.3 Å². The molecule has 0 amide bonds. The third kappa shape index (κ3) is 2.94. The summed E-state index contributed by atoms with van der Waals surface area (Å²) in [6, 6.07) is 13.5. The van der Waals surface area contributed by atoms with Crippen LogP contribution in [0, 0.1) is 11.6 Å². The predicted molar refractivity (Wildman–Crippen MR) is 97.3 cm³/mol. The summed E-state index contributed by atoms with van der Waals surface area (Å²) in [5.41, 5.74) is 1.57. The van der Waals surface area contributed by atoms with Crippen LogP contribution in [0.25, 0.3) is 16.7 Å². The Hall–Kier alpha value is -2.80. The van der Waals surface area contributed by atoms with Crippen molar-refractivity contribution in [3.8, 4) is 5.69 Å². The number of benzene rings is 2. The second-order valence-corrected chi connectivity index (χ2v) is 7.03. The van der Waals surface area contributed by atoms with Crippen LogP contribution >= 0.6 is 11.8 Å². The Morgan fingerprint density at radius 1 is 0.962 bits per heavy atom. The normalized spacial score (nSPS) is 12.4. The van der Waals surface area contributed by atoms with Gasteiger partial charge in [0, 0.05) is 10.8 Å². The zero-order valence-corrected chi connectivity index (χ0v) is 14.6. The van der Waals surface area contributed by atoms with Crippen LogP contribution in [-0.4, -0.2) is 19.7 Å². The molecule has 2 heterocycles. The molecule has 2 aromatic heterocycles. The van der Waals surface area contributed by atoms with E-state index in [2.05, 4.69) is 15.1 Å². The van der Waals surface area contributed by atoms with Crippen LogP contribution < -0.4 is 0 Å². The molecule has 0 saturated carbocycles. The number of aromatic nitrogens is 4. The number of nitrogens with zero attached hydrogens (tertiary/aromatic N) is 4. The van der Waals surface area contributed by atoms with Crippen molar-refractivity contribution in [2.24, 2.45) is 0 Å². The van der Waals surface area contributed by atoms with Gasteiger partial charge < -0.3 is 0 Å². The number of thioether (sulfide) groups is 1. The largest absolute Gasteiger partial charge is 0.229 e. The first-order valence-electron chi connectivity index (χ1n) is 8.00. The van der Waals surface area contributed by atoms with Gasteiger partial charge in [0.2, 0.25) is 0 Å². The van der Waals surface area contributed by atoms with Crippen molar-refractivity contribution >= 4 is 22.8 Å². The molecule has 130 valence electrons. The van der Waals surface area contributed by atoms with Gasteiger partial charge in [-0.05, 0) is 31.2 Å². The molecule has 0 aliphatic heterocycles. The van der Waals surface area contributed by atoms with Crippen molar-refractivity contribution in [3.63, 3.8) is 0 Å². The number of para-hydroxylation sites is 1. The molecule has 0 fully saturated rings. The van der Waals surface area contributed by atoms with E-state index >= 15 is 0 Å². The van der Waals surface area contributed by atoms with Crippen LogP contribution in [0.2, 0.25) is 0 Å². The zero-order chi connectivity index (χ0) is 18.1. The predicted octanol–water partition coefficient (Wildman–Crippen LogP) is 4.95. The minimum atomic E-state index is -0.560. The first-order chi connectivity index (χ1) is 12.6. The van der Waals surface area contributed by atoms with Crippen LogP contribution in [0.3, 0.4) is 0 Å². The van der Waals surface area contributed by atoms with Gasteiger partial charge in [0.05, 0.1) is 17.3 Å². The molecule has 0 N–H and O–H groups in total. The molecule has 0 saturated heterocycles. The number of rotatable bonds is 4. The Labute approximate surface area is 152 Å². The maximum absolute atomic E-state index is 14.0. The van der Waals surface area contributed by atoms with Crippen LogP contribution in [0.1, 0.15) is 17.7 Å². The first-order valence-corrected chi connectivity index (χ1v) is 8.88. The molecule has 4 aromatic rings. The Morgan fingerprint density at radius 3 is 2.42 bits per heavy atom. The van der Waals surface area contributed by atoms with Crippen molar-refractivity contribution in [2.45, 2.75) is 17.2 Å². The van der Waals surface area contributed by atoms with E-state index in [0.29, 0.717) is 10.7 Å². The summed E-state index contributed by atoms with van der Waals surface area (Å²) in [4.78, 5) is 8.61. The highest BCUT2D eigenvalue weighted by molar-refractivity contribution is 7.99. The third-order valence-electron chi connectivity index (χ3n) is 4.02. The molecular weight excluding hydrogens is 354 g/mol. The van der Waals surface area contributed by atoms with Crippen molar-refractivity contribution in [3.05, 3.63) is 78.3 Å². The van der Waals surface area contributed by atoms with Gasteiger partial charge in [0.15, 0.2) is 5.65 Å². The van der Waals surface area contributed by atoms with E-state index in [0.717, 1.165) is 11.1 Å². The van der Waals surface area contributed by atoms with Crippen molar-refractivity contribution in [2.75, 3.05) is 0 Å². The molecule has 0 radical (unpaired) electrons. The van der Waals surface area contributed by atoms with E-state index in [9.17, 15) is 8.78 Å². The Kier molecular flexibility index (Phi) is 4.38. The fraction of sp³-hybridized carbons (Fsp3) is 0.105. The summed E-state index contributed by atoms with van der Waals surface area (Å²) in [7, 11) is 0. The highest BCUT2D eigenvalue weighted by Gasteiger charge is 2.20. The van der Waals surface area contributed by atoms with Gasteiger partial charge in [0.25, 0.3) is 0 Å². The minimum Gasteiger partial charge on any atom is -0.229 e. The summed E-state index contributed by atoms with van der Waals surface area (Å²) in [6.07, 6.45) is 3.12. The molecule has 26 heavy (non-hydrogen) atoms. The Balaban J connectivity index is 1.73. The quantitative estimate of drug-likeness (QED) is 0.378. The fourth-order valence-corrected chi connectivity index (χ4v) is 3.86. The van der Waals surface area contributed by atoms with Gasteiger partial charge >= 0.3 is 0 Å². The smallest absolute Gasteiger partial charge is 0.167 e. The molecule has 0 aliphatic carbocycles. The highest BCUT2D eigenvalue weighted by atomic mass is 32.2. The van der Waals surface area contributed by atoms with Crippen LogP contribution in [0.4, 0.5) is 8.78 Å². The lowest BCUT2D eigenvalue weighted by Gasteiger charge is -2.13. The Morgan fingerprint density at radius 2 is 1.69 bits per heavy atom. The zero-order valence-electron chi connectivity index (χ0n) is 13.8. The van der Waals surface area contributed by atoms with Crippen LogP contribution in [0.5, 0.6) is 0 Å². The Bertz CT molecular complexity index is 1050. The van der Waals surface area contributed by atoms with Crippen LogP contribution in [0.15, 0.2) is 66.1 Å². The van der Waals surface area contributed by atoms with Crippen molar-refractivity contribution in [1.82, 2.24) is 19.7 Å². The lowest BCUT2D eigenvalue weighted by molar-refractivity contribution is 0.557. The maximum Gasteiger partial charge on any atom is 0.167 e. The number of hydrogen-bond donors (Lipinski definition) is 0. The summed E-state index contributed by atoms with van der Waals surface area (Å²) in [6.45, 7) is 1.75. The standard InChI is InChI=1S/C19H14F2N4S/c1-12(17-15(20)8-5-9-16(17)21)26-19-14-10-24-25(18(14)22-11-23-19)13-6-3-2-4-7-13/h2-12H,1H3. The minimum absolute atomic E-state index is 0.0414. The molecule has 7 heteroatoms. The summed E-state index contributed by atoms with van der Waals surface area (Å²) < 4.78 is 29.8. The van der Waals surface area contributed by atoms with E-state index in [1.54, 1.807) is 17.8 Å². The van der Waals surface area contributed by atoms with Crippen molar-refractivity contribution in [1.29, 1.82) is 0 Å². The molecular formula is C19H14F2N4S. The second kappa shape index (κ2) is 6.84. The third-order valence-corrected chi connectivity index (χ3v) is 5.16. The lowest BCUT2D eigenvalue weighted by atomic mass is 10.1. The molecule has 0 aliphatic rings. The maximum atomic E-state index is 14.0. The summed E-state index contributed by atoms with van der Waals surface area (Å²) in [5, 5.41) is 5.32. The van der Waals surface area contributed by atoms with Gasteiger partial charge in [-0.25, -0.2) is 23.4 Å². The van der Waals surface area contributed by atoms with E-state index in [1.807, 2.05) is 30.3 Å². The van der Waals surface area contributed by atoms with E-state index in [-0.39, 0.29) is 5.56 Å². The van der Waals surface area contributed by atoms with Gasteiger partial charge in [-0.1, -0.05) is 36.0 Å². The molecule has 0 spiro atoms. The molecule has 4 rings (SSSR count). The van der Waals surface area contributed by atoms with Crippen LogP contribution in [-0.2, 0) is 0 Å². The fourth-order valence-electron chi connectivity index (χ4n) is 2.80. The topological polar surface area (TPSA) is 43.6 Å². The average Bonchev–Trinajstić information content (AvgIpc) is 3.07. The van der Waals surface area contributed by atoms with Crippen molar-refractivity contribution < 1.29 is 8.78 Å². The van der Waals surface area contributed by atoms with Gasteiger partial charge in [0.1, 0.15) is 23.0 Å². The lowest BCUT2D eigenvalue weighted by Crippen LogP contribution is -2.00. The average molecular weight is 368 g/mol. The molecule has 1 atom stereocenters. The first kappa shape index (κ1) is 16.7. The second-order valence-electron chi connectivity index (χ2n) is 5.70. The van der Waals surface area contributed by atoms with E-state index in [4.69, 9.17) is 0 Å². The van der Waals surface area contributed by atoms with Gasteiger partial charge in [-0.15, -0.1) is 0 Å². The number of fused-ring (bicyclic) bond motifs is 1. The SMILES string of the molecule is CC(Sc1ncnc2c1cnn2-c1ccccc1)c1c(F)cccc1F. The van der Waals surface area contributed by atoms with E-state index < -0.39 is 16.9 Å². The number of hydrogen-bond acceptors (Lipinski definition) is 4. The molecule has 1 unspecified atom stereocenters.